The molecule has 138 valence electrons. The predicted octanol–water partition coefficient (Wildman–Crippen LogP) is 4.49. The first-order valence-electron chi connectivity index (χ1n) is 8.95. The van der Waals surface area contributed by atoms with Gasteiger partial charge in [0, 0.05) is 16.6 Å². The highest BCUT2D eigenvalue weighted by Gasteiger charge is 2.34. The van der Waals surface area contributed by atoms with Crippen molar-refractivity contribution in [2.45, 2.75) is 36.7 Å². The van der Waals surface area contributed by atoms with E-state index in [0.717, 1.165) is 16.3 Å². The Morgan fingerprint density at radius 3 is 2.54 bits per heavy atom. The van der Waals surface area contributed by atoms with E-state index in [1.807, 2.05) is 49.6 Å². The molecule has 0 aliphatic heterocycles. The quantitative estimate of drug-likeness (QED) is 0.673. The molecule has 2 atom stereocenters. The molecule has 2 aromatic carbocycles. The van der Waals surface area contributed by atoms with E-state index in [1.165, 1.54) is 18.4 Å². The van der Waals surface area contributed by atoms with Gasteiger partial charge in [-0.25, -0.2) is 0 Å². The summed E-state index contributed by atoms with van der Waals surface area (Å²) in [4.78, 5) is 13.8. The van der Waals surface area contributed by atoms with Gasteiger partial charge in [0.15, 0.2) is 0 Å². The summed E-state index contributed by atoms with van der Waals surface area (Å²) in [5.74, 6) is 1.43. The molecule has 1 saturated carbocycles. The summed E-state index contributed by atoms with van der Waals surface area (Å²) in [6.07, 6.45) is 4.43. The van der Waals surface area contributed by atoms with E-state index in [1.54, 1.807) is 18.9 Å². The minimum Gasteiger partial charge on any atom is -0.497 e. The number of rotatable bonds is 8. The fourth-order valence-corrected chi connectivity index (χ4v) is 3.50. The molecule has 26 heavy (non-hydrogen) atoms. The van der Waals surface area contributed by atoms with E-state index in [0.29, 0.717) is 5.92 Å². The van der Waals surface area contributed by atoms with Crippen LogP contribution in [-0.4, -0.2) is 25.3 Å². The molecule has 0 aromatic heterocycles. The van der Waals surface area contributed by atoms with Gasteiger partial charge in [0.2, 0.25) is 5.91 Å². The summed E-state index contributed by atoms with van der Waals surface area (Å²) in [5.41, 5.74) is 2.04. The number of nitrogens with one attached hydrogen (secondary N) is 2. The number of anilines is 1. The van der Waals surface area contributed by atoms with Gasteiger partial charge < -0.3 is 10.1 Å². The Labute approximate surface area is 159 Å². The van der Waals surface area contributed by atoms with Crippen molar-refractivity contribution in [3.8, 4) is 5.75 Å². The highest BCUT2D eigenvalue weighted by Crippen LogP contribution is 2.41. The van der Waals surface area contributed by atoms with Crippen LogP contribution in [0.4, 0.5) is 5.69 Å². The van der Waals surface area contributed by atoms with Crippen LogP contribution in [0.2, 0.25) is 0 Å². The molecule has 0 saturated heterocycles. The van der Waals surface area contributed by atoms with Crippen molar-refractivity contribution in [2.24, 2.45) is 5.92 Å². The molecule has 3 rings (SSSR count). The summed E-state index contributed by atoms with van der Waals surface area (Å²) in [5, 5.41) is 6.54. The lowest BCUT2D eigenvalue weighted by Crippen LogP contribution is -2.40. The van der Waals surface area contributed by atoms with E-state index in [2.05, 4.69) is 22.8 Å². The first kappa shape index (κ1) is 18.8. The third-order valence-electron chi connectivity index (χ3n) is 4.73. The fourth-order valence-electron chi connectivity index (χ4n) is 3.04. The van der Waals surface area contributed by atoms with Gasteiger partial charge in [-0.1, -0.05) is 18.2 Å². The van der Waals surface area contributed by atoms with E-state index in [9.17, 15) is 4.79 Å². The molecule has 2 aromatic rings. The van der Waals surface area contributed by atoms with Gasteiger partial charge in [0.1, 0.15) is 5.75 Å². The summed E-state index contributed by atoms with van der Waals surface area (Å²) >= 11 is 1.66. The van der Waals surface area contributed by atoms with Crippen LogP contribution < -0.4 is 15.4 Å². The minimum atomic E-state index is -0.277. The van der Waals surface area contributed by atoms with Crippen molar-refractivity contribution in [1.29, 1.82) is 0 Å². The number of ether oxygens (including phenoxy) is 1. The van der Waals surface area contributed by atoms with Crippen LogP contribution in [-0.2, 0) is 4.79 Å². The molecule has 1 aliphatic rings. The topological polar surface area (TPSA) is 50.4 Å². The van der Waals surface area contributed by atoms with E-state index >= 15 is 0 Å². The molecule has 5 heteroatoms. The first-order chi connectivity index (χ1) is 12.6. The van der Waals surface area contributed by atoms with Crippen LogP contribution in [0.1, 0.15) is 31.4 Å². The Morgan fingerprint density at radius 1 is 1.19 bits per heavy atom. The molecule has 0 heterocycles. The Hall–Kier alpha value is -1.98. The van der Waals surface area contributed by atoms with Gasteiger partial charge in [0.25, 0.3) is 0 Å². The molecule has 0 bridgehead atoms. The predicted molar refractivity (Wildman–Crippen MR) is 108 cm³/mol. The molecule has 0 radical (unpaired) electrons. The summed E-state index contributed by atoms with van der Waals surface area (Å²) < 4.78 is 5.24. The maximum Gasteiger partial charge on any atom is 0.241 e. The van der Waals surface area contributed by atoms with Crippen LogP contribution in [0, 0.1) is 5.92 Å². The van der Waals surface area contributed by atoms with Gasteiger partial charge in [-0.2, -0.15) is 0 Å². The van der Waals surface area contributed by atoms with Crippen LogP contribution >= 0.6 is 11.8 Å². The van der Waals surface area contributed by atoms with Crippen molar-refractivity contribution in [2.75, 3.05) is 18.7 Å². The summed E-state index contributed by atoms with van der Waals surface area (Å²) in [6, 6.07) is 16.0. The van der Waals surface area contributed by atoms with Crippen LogP contribution in [0.3, 0.4) is 0 Å². The maximum atomic E-state index is 12.6. The van der Waals surface area contributed by atoms with Crippen molar-refractivity contribution < 1.29 is 9.53 Å². The SMILES string of the molecule is COc1ccc(C(NC(C)C(=O)Nc2cccc(SC)c2)C2CC2)cc1. The smallest absolute Gasteiger partial charge is 0.241 e. The number of hydrogen-bond donors (Lipinski definition) is 2. The summed E-state index contributed by atoms with van der Waals surface area (Å²) in [7, 11) is 1.67. The third-order valence-corrected chi connectivity index (χ3v) is 5.45. The zero-order chi connectivity index (χ0) is 18.5. The number of methoxy groups -OCH3 is 1. The van der Waals surface area contributed by atoms with Crippen molar-refractivity contribution in [3.05, 3.63) is 54.1 Å². The number of benzene rings is 2. The van der Waals surface area contributed by atoms with E-state index < -0.39 is 0 Å². The van der Waals surface area contributed by atoms with E-state index in [-0.39, 0.29) is 18.0 Å². The Bertz CT molecular complexity index is 744. The van der Waals surface area contributed by atoms with Gasteiger partial charge in [-0.15, -0.1) is 11.8 Å². The second-order valence-corrected chi connectivity index (χ2v) is 7.58. The zero-order valence-corrected chi connectivity index (χ0v) is 16.3. The van der Waals surface area contributed by atoms with E-state index in [4.69, 9.17) is 4.74 Å². The van der Waals surface area contributed by atoms with Gasteiger partial charge >= 0.3 is 0 Å². The Morgan fingerprint density at radius 2 is 1.92 bits per heavy atom. The lowest BCUT2D eigenvalue weighted by atomic mass is 10.0. The first-order valence-corrected chi connectivity index (χ1v) is 10.2. The largest absolute Gasteiger partial charge is 0.497 e. The number of amides is 1. The average Bonchev–Trinajstić information content (AvgIpc) is 3.51. The standard InChI is InChI=1S/C21H26N2O2S/c1-14(21(24)23-17-5-4-6-19(13-17)26-3)22-20(15-7-8-15)16-9-11-18(25-2)12-10-16/h4-6,9-15,20,22H,7-8H2,1-3H3,(H,23,24). The molecule has 0 spiro atoms. The molecule has 1 aliphatic carbocycles. The molecule has 2 unspecified atom stereocenters. The average molecular weight is 371 g/mol. The Kier molecular flexibility index (Phi) is 6.22. The molecule has 1 fully saturated rings. The van der Waals surface area contributed by atoms with Gasteiger partial charge in [0.05, 0.1) is 13.2 Å². The lowest BCUT2D eigenvalue weighted by molar-refractivity contribution is -0.118. The number of thioether (sulfide) groups is 1. The number of hydrogen-bond acceptors (Lipinski definition) is 4. The molecular formula is C21H26N2O2S. The van der Waals surface area contributed by atoms with Crippen LogP contribution in [0.5, 0.6) is 5.75 Å². The molecule has 2 N–H and O–H groups in total. The fraction of sp³-hybridized carbons (Fsp3) is 0.381. The molecular weight excluding hydrogens is 344 g/mol. The second kappa shape index (κ2) is 8.60. The van der Waals surface area contributed by atoms with Gasteiger partial charge in [-0.05, 0) is 67.8 Å². The highest BCUT2D eigenvalue weighted by molar-refractivity contribution is 7.98. The number of carbonyl (C=O) groups excluding carboxylic acids is 1. The molecule has 4 nitrogen and oxygen atoms in total. The van der Waals surface area contributed by atoms with Crippen LogP contribution in [0.15, 0.2) is 53.4 Å². The summed E-state index contributed by atoms with van der Waals surface area (Å²) in [6.45, 7) is 1.92. The zero-order valence-electron chi connectivity index (χ0n) is 15.5. The number of carbonyl (C=O) groups is 1. The third kappa shape index (κ3) is 4.80. The van der Waals surface area contributed by atoms with Crippen molar-refractivity contribution in [1.82, 2.24) is 5.32 Å². The van der Waals surface area contributed by atoms with Crippen LogP contribution in [0.25, 0.3) is 0 Å². The normalized spacial score (nSPS) is 16.0. The highest BCUT2D eigenvalue weighted by atomic mass is 32.2. The maximum absolute atomic E-state index is 12.6. The monoisotopic (exact) mass is 370 g/mol. The van der Waals surface area contributed by atoms with Crippen molar-refractivity contribution >= 4 is 23.4 Å². The second-order valence-electron chi connectivity index (χ2n) is 6.70. The van der Waals surface area contributed by atoms with Gasteiger partial charge in [-0.3, -0.25) is 10.1 Å². The minimum absolute atomic E-state index is 0.0117. The lowest BCUT2D eigenvalue weighted by Gasteiger charge is -2.23. The van der Waals surface area contributed by atoms with Crippen molar-refractivity contribution in [3.63, 3.8) is 0 Å². The molecule has 1 amide bonds. The Balaban J connectivity index is 1.65.